The molecule has 2 aromatic carbocycles. The van der Waals surface area contributed by atoms with Crippen molar-refractivity contribution in [1.82, 2.24) is 0 Å². The molecule has 0 aromatic heterocycles. The van der Waals surface area contributed by atoms with Crippen molar-refractivity contribution in [2.75, 3.05) is 11.9 Å². The van der Waals surface area contributed by atoms with Crippen molar-refractivity contribution < 1.29 is 9.90 Å². The molecule has 0 aliphatic rings. The van der Waals surface area contributed by atoms with E-state index < -0.39 is 5.97 Å². The Balaban J connectivity index is 2.30. The molecule has 0 spiro atoms. The van der Waals surface area contributed by atoms with Crippen LogP contribution < -0.4 is 4.90 Å². The van der Waals surface area contributed by atoms with E-state index in [-0.39, 0.29) is 5.56 Å². The van der Waals surface area contributed by atoms with E-state index in [9.17, 15) is 4.79 Å². The summed E-state index contributed by atoms with van der Waals surface area (Å²) in [4.78, 5) is 12.7. The van der Waals surface area contributed by atoms with Crippen LogP contribution in [0.4, 0.5) is 11.4 Å². The maximum absolute atomic E-state index is 10.8. The fourth-order valence-corrected chi connectivity index (χ4v) is 1.76. The number of benzene rings is 2. The largest absolute Gasteiger partial charge is 0.478 e. The van der Waals surface area contributed by atoms with Crippen LogP contribution in [0.15, 0.2) is 48.5 Å². The Labute approximate surface area is 111 Å². The Hall–Kier alpha value is -2.80. The van der Waals surface area contributed by atoms with Gasteiger partial charge in [0.15, 0.2) is 0 Å². The number of carbonyl (C=O) groups is 1. The Kier molecular flexibility index (Phi) is 3.48. The van der Waals surface area contributed by atoms with Gasteiger partial charge in [-0.3, -0.25) is 0 Å². The highest BCUT2D eigenvalue weighted by molar-refractivity contribution is 5.88. The summed E-state index contributed by atoms with van der Waals surface area (Å²) >= 11 is 0. The van der Waals surface area contributed by atoms with Crippen LogP contribution in [0.25, 0.3) is 0 Å². The Morgan fingerprint density at radius 3 is 2.42 bits per heavy atom. The van der Waals surface area contributed by atoms with Gasteiger partial charge in [-0.05, 0) is 42.5 Å². The van der Waals surface area contributed by atoms with Gasteiger partial charge < -0.3 is 10.0 Å². The number of nitrogens with zero attached hydrogens (tertiary/aromatic N) is 2. The molecule has 4 heteroatoms. The lowest BCUT2D eigenvalue weighted by molar-refractivity contribution is 0.0697. The maximum atomic E-state index is 10.8. The molecule has 0 atom stereocenters. The van der Waals surface area contributed by atoms with Crippen LogP contribution >= 0.6 is 0 Å². The van der Waals surface area contributed by atoms with E-state index in [4.69, 9.17) is 10.4 Å². The summed E-state index contributed by atoms with van der Waals surface area (Å²) in [5, 5.41) is 17.7. The average Bonchev–Trinajstić information content (AvgIpc) is 2.46. The Bertz CT molecular complexity index is 642. The number of rotatable bonds is 3. The topological polar surface area (TPSA) is 64.3 Å². The molecule has 0 fully saturated rings. The molecule has 0 heterocycles. The van der Waals surface area contributed by atoms with E-state index in [1.165, 1.54) is 0 Å². The smallest absolute Gasteiger partial charge is 0.335 e. The number of nitriles is 1. The SMILES string of the molecule is CN(c1ccc(C(=O)O)cc1)c1cccc(C#N)c1. The highest BCUT2D eigenvalue weighted by Crippen LogP contribution is 2.24. The van der Waals surface area contributed by atoms with Crippen LogP contribution in [0.2, 0.25) is 0 Å². The predicted octanol–water partition coefficient (Wildman–Crippen LogP) is 3.02. The normalized spacial score (nSPS) is 9.68. The number of hydrogen-bond acceptors (Lipinski definition) is 3. The molecular formula is C15H12N2O2. The van der Waals surface area contributed by atoms with Gasteiger partial charge in [0.1, 0.15) is 0 Å². The summed E-state index contributed by atoms with van der Waals surface area (Å²) in [7, 11) is 1.87. The van der Waals surface area contributed by atoms with Gasteiger partial charge in [-0.2, -0.15) is 5.26 Å². The van der Waals surface area contributed by atoms with Gasteiger partial charge in [-0.15, -0.1) is 0 Å². The number of hydrogen-bond donors (Lipinski definition) is 1. The van der Waals surface area contributed by atoms with E-state index in [0.29, 0.717) is 5.56 Å². The quantitative estimate of drug-likeness (QED) is 0.911. The van der Waals surface area contributed by atoms with Crippen LogP contribution in [-0.4, -0.2) is 18.1 Å². The molecule has 19 heavy (non-hydrogen) atoms. The van der Waals surface area contributed by atoms with E-state index in [0.717, 1.165) is 11.4 Å². The fourth-order valence-electron chi connectivity index (χ4n) is 1.76. The van der Waals surface area contributed by atoms with Gasteiger partial charge in [-0.1, -0.05) is 6.07 Å². The lowest BCUT2D eigenvalue weighted by atomic mass is 10.1. The fraction of sp³-hybridized carbons (Fsp3) is 0.0667. The second-order valence-corrected chi connectivity index (χ2v) is 4.07. The summed E-state index contributed by atoms with van der Waals surface area (Å²) in [5.41, 5.74) is 2.58. The third kappa shape index (κ3) is 2.72. The third-order valence-corrected chi connectivity index (χ3v) is 2.86. The first kappa shape index (κ1) is 12.7. The van der Waals surface area contributed by atoms with Gasteiger partial charge >= 0.3 is 5.97 Å². The molecule has 0 unspecified atom stereocenters. The van der Waals surface area contributed by atoms with Gasteiger partial charge in [-0.25, -0.2) is 4.79 Å². The number of carboxylic acids is 1. The molecule has 0 amide bonds. The van der Waals surface area contributed by atoms with Crippen LogP contribution in [0.3, 0.4) is 0 Å². The summed E-state index contributed by atoms with van der Waals surface area (Å²) in [6, 6.07) is 15.9. The lowest BCUT2D eigenvalue weighted by Crippen LogP contribution is -2.09. The first-order valence-corrected chi connectivity index (χ1v) is 5.69. The summed E-state index contributed by atoms with van der Waals surface area (Å²) < 4.78 is 0. The maximum Gasteiger partial charge on any atom is 0.335 e. The number of anilines is 2. The van der Waals surface area contributed by atoms with Crippen LogP contribution in [0, 0.1) is 11.3 Å². The highest BCUT2D eigenvalue weighted by atomic mass is 16.4. The van der Waals surface area contributed by atoms with Gasteiger partial charge in [0.05, 0.1) is 17.2 Å². The van der Waals surface area contributed by atoms with Gasteiger partial charge in [0.2, 0.25) is 0 Å². The predicted molar refractivity (Wildman–Crippen MR) is 72.6 cm³/mol. The Morgan fingerprint density at radius 2 is 1.84 bits per heavy atom. The molecule has 94 valence electrons. The van der Waals surface area contributed by atoms with E-state index in [2.05, 4.69) is 6.07 Å². The third-order valence-electron chi connectivity index (χ3n) is 2.86. The van der Waals surface area contributed by atoms with Crippen LogP contribution in [-0.2, 0) is 0 Å². The van der Waals surface area contributed by atoms with E-state index in [1.54, 1.807) is 36.4 Å². The molecule has 1 N–H and O–H groups in total. The first-order chi connectivity index (χ1) is 9.11. The zero-order chi connectivity index (χ0) is 13.8. The molecule has 2 rings (SSSR count). The van der Waals surface area contributed by atoms with Crippen molar-refractivity contribution in [2.45, 2.75) is 0 Å². The van der Waals surface area contributed by atoms with Crippen LogP contribution in [0.1, 0.15) is 15.9 Å². The summed E-state index contributed by atoms with van der Waals surface area (Å²) in [5.74, 6) is -0.944. The molecule has 0 radical (unpaired) electrons. The molecule has 0 aliphatic heterocycles. The van der Waals surface area contributed by atoms with Crippen molar-refractivity contribution in [2.24, 2.45) is 0 Å². The second-order valence-electron chi connectivity index (χ2n) is 4.07. The standard InChI is InChI=1S/C15H12N2O2/c1-17(14-4-2-3-11(9-14)10-16)13-7-5-12(6-8-13)15(18)19/h2-9H,1H3,(H,18,19). The van der Waals surface area contributed by atoms with Crippen molar-refractivity contribution >= 4 is 17.3 Å². The minimum Gasteiger partial charge on any atom is -0.478 e. The van der Waals surface area contributed by atoms with Gasteiger partial charge in [0.25, 0.3) is 0 Å². The Morgan fingerprint density at radius 1 is 1.16 bits per heavy atom. The number of aromatic carboxylic acids is 1. The van der Waals surface area contributed by atoms with Crippen LogP contribution in [0.5, 0.6) is 0 Å². The van der Waals surface area contributed by atoms with Gasteiger partial charge in [0, 0.05) is 18.4 Å². The second kappa shape index (κ2) is 5.23. The molecule has 4 nitrogen and oxygen atoms in total. The zero-order valence-corrected chi connectivity index (χ0v) is 10.4. The molecule has 0 saturated carbocycles. The summed E-state index contributed by atoms with van der Waals surface area (Å²) in [6.07, 6.45) is 0. The average molecular weight is 252 g/mol. The minimum atomic E-state index is -0.944. The molecular weight excluding hydrogens is 240 g/mol. The molecule has 0 saturated heterocycles. The molecule has 0 bridgehead atoms. The van der Waals surface area contributed by atoms with Crippen molar-refractivity contribution in [1.29, 1.82) is 5.26 Å². The highest BCUT2D eigenvalue weighted by Gasteiger charge is 2.06. The lowest BCUT2D eigenvalue weighted by Gasteiger charge is -2.19. The summed E-state index contributed by atoms with van der Waals surface area (Å²) in [6.45, 7) is 0. The first-order valence-electron chi connectivity index (χ1n) is 5.69. The number of carboxylic acid groups (broad SMARTS) is 1. The van der Waals surface area contributed by atoms with E-state index in [1.807, 2.05) is 24.1 Å². The zero-order valence-electron chi connectivity index (χ0n) is 10.4. The monoisotopic (exact) mass is 252 g/mol. The molecule has 2 aromatic rings. The van der Waals surface area contributed by atoms with Crippen molar-refractivity contribution in [3.8, 4) is 6.07 Å². The van der Waals surface area contributed by atoms with Crippen molar-refractivity contribution in [3.05, 3.63) is 59.7 Å². The van der Waals surface area contributed by atoms with Crippen molar-refractivity contribution in [3.63, 3.8) is 0 Å². The minimum absolute atomic E-state index is 0.253. The van der Waals surface area contributed by atoms with E-state index >= 15 is 0 Å². The molecule has 0 aliphatic carbocycles.